The molecule has 100 valence electrons. The highest BCUT2D eigenvalue weighted by atomic mass is 19.1. The molecule has 0 aliphatic heterocycles. The lowest BCUT2D eigenvalue weighted by Crippen LogP contribution is -2.29. The number of benzene rings is 1. The van der Waals surface area contributed by atoms with E-state index in [9.17, 15) is 14.3 Å². The summed E-state index contributed by atoms with van der Waals surface area (Å²) in [6, 6.07) is 6.55. The summed E-state index contributed by atoms with van der Waals surface area (Å²) in [5.74, 6) is -1.15. The third kappa shape index (κ3) is 5.75. The average Bonchev–Trinajstić information content (AvgIpc) is 2.34. The van der Waals surface area contributed by atoms with Crippen LogP contribution in [0.3, 0.4) is 0 Å². The number of carboxylic acids is 1. The van der Waals surface area contributed by atoms with E-state index in [0.29, 0.717) is 25.1 Å². The average molecular weight is 255 g/mol. The van der Waals surface area contributed by atoms with Crippen LogP contribution in [0.5, 0.6) is 0 Å². The highest BCUT2D eigenvalue weighted by molar-refractivity contribution is 5.66. The van der Waals surface area contributed by atoms with Gasteiger partial charge in [-0.25, -0.2) is 4.39 Å². The molecule has 3 N–H and O–H groups in total. The molecule has 1 atom stereocenters. The normalized spacial score (nSPS) is 12.3. The zero-order valence-corrected chi connectivity index (χ0v) is 10.1. The summed E-state index contributed by atoms with van der Waals surface area (Å²) >= 11 is 0. The first-order valence-electron chi connectivity index (χ1n) is 5.93. The summed E-state index contributed by atoms with van der Waals surface area (Å²) in [7, 11) is 0. The van der Waals surface area contributed by atoms with Crippen LogP contribution in [0.1, 0.15) is 18.4 Å². The summed E-state index contributed by atoms with van der Waals surface area (Å²) in [4.78, 5) is 10.3. The summed E-state index contributed by atoms with van der Waals surface area (Å²) in [5, 5.41) is 20.9. The molecule has 4 nitrogen and oxygen atoms in total. The maximum Gasteiger partial charge on any atom is 0.303 e. The van der Waals surface area contributed by atoms with Crippen molar-refractivity contribution < 1.29 is 19.4 Å². The predicted octanol–water partition coefficient (Wildman–Crippen LogP) is 1.18. The maximum absolute atomic E-state index is 13.2. The van der Waals surface area contributed by atoms with Crippen molar-refractivity contribution in [3.63, 3.8) is 0 Å². The largest absolute Gasteiger partial charge is 0.481 e. The van der Waals surface area contributed by atoms with Crippen molar-refractivity contribution in [2.45, 2.75) is 25.4 Å². The lowest BCUT2D eigenvalue weighted by molar-refractivity contribution is -0.137. The van der Waals surface area contributed by atoms with Gasteiger partial charge in [-0.3, -0.25) is 4.79 Å². The van der Waals surface area contributed by atoms with E-state index in [1.165, 1.54) is 6.07 Å². The van der Waals surface area contributed by atoms with Gasteiger partial charge < -0.3 is 15.5 Å². The SMILES string of the molecule is O=C(O)CCC(O)CNCCc1ccccc1F. The standard InChI is InChI=1S/C13H18FNO3/c14-12-4-2-1-3-10(12)7-8-15-9-11(16)5-6-13(17)18/h1-4,11,15-16H,5-9H2,(H,17,18). The van der Waals surface area contributed by atoms with Gasteiger partial charge in [0.15, 0.2) is 0 Å². The lowest BCUT2D eigenvalue weighted by atomic mass is 10.1. The Bertz CT molecular complexity index is 384. The second-order valence-corrected chi connectivity index (χ2v) is 4.13. The molecule has 0 bridgehead atoms. The van der Waals surface area contributed by atoms with Gasteiger partial charge in [0.25, 0.3) is 0 Å². The molecule has 0 amide bonds. The minimum Gasteiger partial charge on any atom is -0.481 e. The van der Waals surface area contributed by atoms with Crippen LogP contribution in [-0.4, -0.2) is 35.4 Å². The smallest absolute Gasteiger partial charge is 0.303 e. The molecule has 0 radical (unpaired) electrons. The first-order valence-corrected chi connectivity index (χ1v) is 5.93. The fourth-order valence-corrected chi connectivity index (χ4v) is 1.59. The fourth-order valence-electron chi connectivity index (χ4n) is 1.59. The summed E-state index contributed by atoms with van der Waals surface area (Å²) in [5.41, 5.74) is 0.630. The molecule has 0 spiro atoms. The molecular weight excluding hydrogens is 237 g/mol. The topological polar surface area (TPSA) is 69.6 Å². The number of hydrogen-bond donors (Lipinski definition) is 3. The maximum atomic E-state index is 13.2. The molecule has 5 heteroatoms. The predicted molar refractivity (Wildman–Crippen MR) is 65.9 cm³/mol. The number of rotatable bonds is 8. The molecule has 0 aromatic heterocycles. The number of aliphatic hydroxyl groups excluding tert-OH is 1. The van der Waals surface area contributed by atoms with Crippen molar-refractivity contribution in [2.75, 3.05) is 13.1 Å². The molecule has 1 unspecified atom stereocenters. The Kier molecular flexibility index (Phi) is 6.32. The van der Waals surface area contributed by atoms with Crippen molar-refractivity contribution in [1.82, 2.24) is 5.32 Å². The van der Waals surface area contributed by atoms with Gasteiger partial charge in [0.2, 0.25) is 0 Å². The van der Waals surface area contributed by atoms with Crippen molar-refractivity contribution in [2.24, 2.45) is 0 Å². The van der Waals surface area contributed by atoms with Crippen LogP contribution in [0.25, 0.3) is 0 Å². The second kappa shape index (κ2) is 7.79. The van der Waals surface area contributed by atoms with Gasteiger partial charge in [0.1, 0.15) is 5.82 Å². The van der Waals surface area contributed by atoms with Gasteiger partial charge >= 0.3 is 5.97 Å². The Morgan fingerprint density at radius 2 is 2.11 bits per heavy atom. The van der Waals surface area contributed by atoms with Gasteiger partial charge in [-0.15, -0.1) is 0 Å². The van der Waals surface area contributed by atoms with Crippen LogP contribution in [0.15, 0.2) is 24.3 Å². The number of aliphatic hydroxyl groups is 1. The Hall–Kier alpha value is -1.46. The zero-order valence-electron chi connectivity index (χ0n) is 10.1. The van der Waals surface area contributed by atoms with E-state index in [-0.39, 0.29) is 18.7 Å². The number of halogens is 1. The van der Waals surface area contributed by atoms with Crippen molar-refractivity contribution >= 4 is 5.97 Å². The van der Waals surface area contributed by atoms with Gasteiger partial charge in [-0.2, -0.15) is 0 Å². The van der Waals surface area contributed by atoms with E-state index in [1.54, 1.807) is 18.2 Å². The minimum atomic E-state index is -0.916. The van der Waals surface area contributed by atoms with Crippen LogP contribution in [0.2, 0.25) is 0 Å². The molecule has 0 fully saturated rings. The minimum absolute atomic E-state index is 0.0455. The zero-order chi connectivity index (χ0) is 13.4. The number of aliphatic carboxylic acids is 1. The molecule has 0 saturated heterocycles. The molecular formula is C13H18FNO3. The first-order chi connectivity index (χ1) is 8.59. The molecule has 0 saturated carbocycles. The Balaban J connectivity index is 2.15. The third-order valence-electron chi connectivity index (χ3n) is 2.60. The molecule has 0 aliphatic rings. The lowest BCUT2D eigenvalue weighted by Gasteiger charge is -2.10. The van der Waals surface area contributed by atoms with Crippen molar-refractivity contribution in [3.05, 3.63) is 35.6 Å². The summed E-state index contributed by atoms with van der Waals surface area (Å²) in [6.07, 6.45) is 0.0398. The van der Waals surface area contributed by atoms with E-state index in [2.05, 4.69) is 5.32 Å². The van der Waals surface area contributed by atoms with Crippen LogP contribution in [0.4, 0.5) is 4.39 Å². The molecule has 18 heavy (non-hydrogen) atoms. The van der Waals surface area contributed by atoms with Crippen LogP contribution in [0, 0.1) is 5.82 Å². The van der Waals surface area contributed by atoms with Crippen molar-refractivity contribution in [1.29, 1.82) is 0 Å². The van der Waals surface area contributed by atoms with E-state index in [0.717, 1.165) is 0 Å². The van der Waals surface area contributed by atoms with Crippen LogP contribution < -0.4 is 5.32 Å². The Morgan fingerprint density at radius 1 is 1.39 bits per heavy atom. The number of hydrogen-bond acceptors (Lipinski definition) is 3. The van der Waals surface area contributed by atoms with Crippen LogP contribution in [-0.2, 0) is 11.2 Å². The molecule has 0 aliphatic carbocycles. The van der Waals surface area contributed by atoms with E-state index < -0.39 is 12.1 Å². The molecule has 1 aromatic carbocycles. The fraction of sp³-hybridized carbons (Fsp3) is 0.462. The number of carbonyl (C=O) groups is 1. The monoisotopic (exact) mass is 255 g/mol. The van der Waals surface area contributed by atoms with Gasteiger partial charge in [-0.05, 0) is 31.0 Å². The highest BCUT2D eigenvalue weighted by Gasteiger charge is 2.06. The third-order valence-corrected chi connectivity index (χ3v) is 2.60. The van der Waals surface area contributed by atoms with Crippen molar-refractivity contribution in [3.8, 4) is 0 Å². The van der Waals surface area contributed by atoms with Gasteiger partial charge in [0, 0.05) is 13.0 Å². The van der Waals surface area contributed by atoms with E-state index in [1.807, 2.05) is 0 Å². The number of nitrogens with one attached hydrogen (secondary N) is 1. The molecule has 1 aromatic rings. The van der Waals surface area contributed by atoms with E-state index in [4.69, 9.17) is 5.11 Å². The quantitative estimate of drug-likeness (QED) is 0.610. The van der Waals surface area contributed by atoms with Gasteiger partial charge in [-0.1, -0.05) is 18.2 Å². The summed E-state index contributed by atoms with van der Waals surface area (Å²) < 4.78 is 13.2. The Labute approximate surface area is 105 Å². The first kappa shape index (κ1) is 14.6. The van der Waals surface area contributed by atoms with E-state index >= 15 is 0 Å². The second-order valence-electron chi connectivity index (χ2n) is 4.13. The Morgan fingerprint density at radius 3 is 2.78 bits per heavy atom. The molecule has 1 rings (SSSR count). The van der Waals surface area contributed by atoms with Crippen LogP contribution >= 0.6 is 0 Å². The van der Waals surface area contributed by atoms with Gasteiger partial charge in [0.05, 0.1) is 6.10 Å². The summed E-state index contributed by atoms with van der Waals surface area (Å²) in [6.45, 7) is 0.868. The highest BCUT2D eigenvalue weighted by Crippen LogP contribution is 2.06. The number of carboxylic acid groups (broad SMARTS) is 1. The molecule has 0 heterocycles.